The van der Waals surface area contributed by atoms with Crippen LogP contribution in [-0.2, 0) is 4.79 Å². The van der Waals surface area contributed by atoms with Gasteiger partial charge in [0.25, 0.3) is 0 Å². The zero-order chi connectivity index (χ0) is 11.8. The Kier molecular flexibility index (Phi) is 7.34. The van der Waals surface area contributed by atoms with E-state index >= 15 is 0 Å². The molecule has 1 unspecified atom stereocenters. The average molecular weight is 215 g/mol. The normalized spacial score (nSPS) is 12.9. The van der Waals surface area contributed by atoms with Gasteiger partial charge in [-0.15, -0.1) is 0 Å². The summed E-state index contributed by atoms with van der Waals surface area (Å²) in [5.41, 5.74) is 5.52. The molecule has 0 fully saturated rings. The van der Waals surface area contributed by atoms with Crippen LogP contribution in [0.2, 0.25) is 0 Å². The summed E-state index contributed by atoms with van der Waals surface area (Å²) in [6.07, 6.45) is 0. The molecule has 0 aromatic rings. The van der Waals surface area contributed by atoms with Crippen molar-refractivity contribution in [2.45, 2.75) is 33.7 Å². The van der Waals surface area contributed by atoms with Gasteiger partial charge in [0.2, 0.25) is 5.91 Å². The van der Waals surface area contributed by atoms with Gasteiger partial charge in [0.05, 0.1) is 6.04 Å². The molecule has 0 aliphatic carbocycles. The van der Waals surface area contributed by atoms with Crippen LogP contribution < -0.4 is 5.73 Å². The molecule has 0 bridgehead atoms. The molecular formula is C11H25N3O. The number of hydrogen-bond acceptors (Lipinski definition) is 3. The van der Waals surface area contributed by atoms with Gasteiger partial charge in [-0.1, -0.05) is 6.92 Å². The molecule has 0 radical (unpaired) electrons. The molecule has 1 atom stereocenters. The van der Waals surface area contributed by atoms with Gasteiger partial charge < -0.3 is 10.6 Å². The molecule has 0 aliphatic heterocycles. The van der Waals surface area contributed by atoms with Crippen molar-refractivity contribution in [3.8, 4) is 0 Å². The quantitative estimate of drug-likeness (QED) is 0.674. The predicted molar refractivity (Wildman–Crippen MR) is 63.7 cm³/mol. The standard InChI is InChI=1S/C11H25N3O/c1-5-13(6-2)11(15)10(4)14(7-3)9-8-12/h10H,5-9,12H2,1-4H3. The molecule has 0 spiro atoms. The van der Waals surface area contributed by atoms with Gasteiger partial charge in [0, 0.05) is 26.2 Å². The lowest BCUT2D eigenvalue weighted by Crippen LogP contribution is -2.48. The molecule has 2 N–H and O–H groups in total. The summed E-state index contributed by atoms with van der Waals surface area (Å²) in [6, 6.07) is -0.0570. The molecule has 0 aliphatic rings. The molecule has 4 nitrogen and oxygen atoms in total. The van der Waals surface area contributed by atoms with Crippen LogP contribution in [0, 0.1) is 0 Å². The lowest BCUT2D eigenvalue weighted by molar-refractivity contribution is -0.135. The average Bonchev–Trinajstić information content (AvgIpc) is 2.26. The highest BCUT2D eigenvalue weighted by molar-refractivity contribution is 5.81. The van der Waals surface area contributed by atoms with E-state index in [1.54, 1.807) is 0 Å². The van der Waals surface area contributed by atoms with Crippen LogP contribution in [0.4, 0.5) is 0 Å². The van der Waals surface area contributed by atoms with Crippen molar-refractivity contribution < 1.29 is 4.79 Å². The van der Waals surface area contributed by atoms with Crippen LogP contribution in [0.25, 0.3) is 0 Å². The lowest BCUT2D eigenvalue weighted by atomic mass is 10.2. The smallest absolute Gasteiger partial charge is 0.239 e. The van der Waals surface area contributed by atoms with Gasteiger partial charge in [-0.25, -0.2) is 0 Å². The molecule has 4 heteroatoms. The molecule has 15 heavy (non-hydrogen) atoms. The summed E-state index contributed by atoms with van der Waals surface area (Å²) in [5.74, 6) is 0.204. The summed E-state index contributed by atoms with van der Waals surface area (Å²) in [4.78, 5) is 16.0. The maximum atomic E-state index is 12.0. The van der Waals surface area contributed by atoms with Crippen molar-refractivity contribution in [2.75, 3.05) is 32.7 Å². The van der Waals surface area contributed by atoms with Gasteiger partial charge in [0.15, 0.2) is 0 Å². The Morgan fingerprint density at radius 1 is 1.20 bits per heavy atom. The summed E-state index contributed by atoms with van der Waals surface area (Å²) >= 11 is 0. The van der Waals surface area contributed by atoms with Gasteiger partial charge >= 0.3 is 0 Å². The van der Waals surface area contributed by atoms with Crippen molar-refractivity contribution in [3.63, 3.8) is 0 Å². The first-order valence-corrected chi connectivity index (χ1v) is 5.85. The first-order chi connectivity index (χ1) is 7.12. The van der Waals surface area contributed by atoms with E-state index in [9.17, 15) is 4.79 Å². The number of rotatable bonds is 7. The number of carbonyl (C=O) groups is 1. The van der Waals surface area contributed by atoms with Gasteiger partial charge in [-0.05, 0) is 27.3 Å². The molecule has 90 valence electrons. The first-order valence-electron chi connectivity index (χ1n) is 5.85. The van der Waals surface area contributed by atoms with Crippen LogP contribution in [0.3, 0.4) is 0 Å². The topological polar surface area (TPSA) is 49.6 Å². The van der Waals surface area contributed by atoms with E-state index in [1.165, 1.54) is 0 Å². The fraction of sp³-hybridized carbons (Fsp3) is 0.909. The van der Waals surface area contributed by atoms with Gasteiger partial charge in [-0.3, -0.25) is 9.69 Å². The Morgan fingerprint density at radius 2 is 1.73 bits per heavy atom. The van der Waals surface area contributed by atoms with E-state index < -0.39 is 0 Å². The van der Waals surface area contributed by atoms with E-state index in [2.05, 4.69) is 11.8 Å². The van der Waals surface area contributed by atoms with Crippen molar-refractivity contribution in [2.24, 2.45) is 5.73 Å². The molecule has 0 rings (SSSR count). The molecule has 0 saturated heterocycles. The summed E-state index contributed by atoms with van der Waals surface area (Å²) in [7, 11) is 0. The Labute approximate surface area is 93.4 Å². The first kappa shape index (κ1) is 14.4. The predicted octanol–water partition coefficient (Wildman–Crippen LogP) is 0.524. The van der Waals surface area contributed by atoms with Crippen molar-refractivity contribution in [1.82, 2.24) is 9.80 Å². The zero-order valence-corrected chi connectivity index (χ0v) is 10.5. The van der Waals surface area contributed by atoms with Crippen molar-refractivity contribution in [3.05, 3.63) is 0 Å². The van der Waals surface area contributed by atoms with E-state index in [-0.39, 0.29) is 11.9 Å². The lowest BCUT2D eigenvalue weighted by Gasteiger charge is -2.30. The van der Waals surface area contributed by atoms with Crippen LogP contribution in [0.15, 0.2) is 0 Å². The molecule has 0 aromatic heterocycles. The number of nitrogens with zero attached hydrogens (tertiary/aromatic N) is 2. The minimum Gasteiger partial charge on any atom is -0.342 e. The zero-order valence-electron chi connectivity index (χ0n) is 10.5. The van der Waals surface area contributed by atoms with Crippen LogP contribution >= 0.6 is 0 Å². The molecule has 1 amide bonds. The fourth-order valence-electron chi connectivity index (χ4n) is 1.75. The van der Waals surface area contributed by atoms with Gasteiger partial charge in [-0.2, -0.15) is 0 Å². The van der Waals surface area contributed by atoms with Crippen molar-refractivity contribution in [1.29, 1.82) is 0 Å². The minimum atomic E-state index is -0.0570. The van der Waals surface area contributed by atoms with Gasteiger partial charge in [0.1, 0.15) is 0 Å². The number of likely N-dealkylation sites (N-methyl/N-ethyl adjacent to an activating group) is 2. The Balaban J connectivity index is 4.38. The maximum absolute atomic E-state index is 12.0. The largest absolute Gasteiger partial charge is 0.342 e. The third-order valence-corrected chi connectivity index (χ3v) is 2.80. The molecular weight excluding hydrogens is 190 g/mol. The number of hydrogen-bond donors (Lipinski definition) is 1. The highest BCUT2D eigenvalue weighted by Gasteiger charge is 2.22. The number of carbonyl (C=O) groups excluding carboxylic acids is 1. The fourth-order valence-corrected chi connectivity index (χ4v) is 1.75. The maximum Gasteiger partial charge on any atom is 0.239 e. The monoisotopic (exact) mass is 215 g/mol. The highest BCUT2D eigenvalue weighted by Crippen LogP contribution is 2.03. The van der Waals surface area contributed by atoms with E-state index in [0.29, 0.717) is 6.54 Å². The Bertz CT molecular complexity index is 181. The number of amides is 1. The van der Waals surface area contributed by atoms with E-state index in [1.807, 2.05) is 25.7 Å². The summed E-state index contributed by atoms with van der Waals surface area (Å²) < 4.78 is 0. The summed E-state index contributed by atoms with van der Waals surface area (Å²) in [6.45, 7) is 11.8. The second kappa shape index (κ2) is 7.65. The molecule has 0 aromatic carbocycles. The molecule has 0 heterocycles. The third-order valence-electron chi connectivity index (χ3n) is 2.80. The van der Waals surface area contributed by atoms with Crippen LogP contribution in [0.5, 0.6) is 0 Å². The summed E-state index contributed by atoms with van der Waals surface area (Å²) in [5, 5.41) is 0. The van der Waals surface area contributed by atoms with Crippen molar-refractivity contribution >= 4 is 5.91 Å². The Hall–Kier alpha value is -0.610. The third kappa shape index (κ3) is 4.18. The SMILES string of the molecule is CCN(CC)C(=O)C(C)N(CC)CCN. The van der Waals surface area contributed by atoms with Crippen LogP contribution in [-0.4, -0.2) is 54.5 Å². The molecule has 0 saturated carbocycles. The Morgan fingerprint density at radius 3 is 2.07 bits per heavy atom. The van der Waals surface area contributed by atoms with E-state index in [0.717, 1.165) is 26.2 Å². The number of nitrogens with two attached hydrogens (primary N) is 1. The van der Waals surface area contributed by atoms with Crippen LogP contribution in [0.1, 0.15) is 27.7 Å². The second-order valence-electron chi connectivity index (χ2n) is 3.60. The second-order valence-corrected chi connectivity index (χ2v) is 3.60. The highest BCUT2D eigenvalue weighted by atomic mass is 16.2. The van der Waals surface area contributed by atoms with E-state index in [4.69, 9.17) is 5.73 Å². The minimum absolute atomic E-state index is 0.0570.